The van der Waals surface area contributed by atoms with E-state index in [0.29, 0.717) is 12.3 Å². The lowest BCUT2D eigenvalue weighted by Gasteiger charge is -2.13. The second-order valence-electron chi connectivity index (χ2n) is 4.86. The summed E-state index contributed by atoms with van der Waals surface area (Å²) >= 11 is 0. The fraction of sp³-hybridized carbons (Fsp3) is 0.357. The van der Waals surface area contributed by atoms with Gasteiger partial charge in [0.1, 0.15) is 5.75 Å². The van der Waals surface area contributed by atoms with E-state index in [0.717, 1.165) is 22.9 Å². The van der Waals surface area contributed by atoms with Gasteiger partial charge in [0, 0.05) is 26.8 Å². The molecule has 102 valence electrons. The zero-order valence-corrected chi connectivity index (χ0v) is 11.8. The summed E-state index contributed by atoms with van der Waals surface area (Å²) in [6.45, 7) is 2.58. The summed E-state index contributed by atoms with van der Waals surface area (Å²) in [5.41, 5.74) is 2.96. The second kappa shape index (κ2) is 5.22. The topological polar surface area (TPSA) is 53.3 Å². The Bertz CT molecular complexity index is 575. The third-order valence-corrected chi connectivity index (χ3v) is 3.13. The minimum absolute atomic E-state index is 0.320. The summed E-state index contributed by atoms with van der Waals surface area (Å²) in [5, 5.41) is 12.8. The van der Waals surface area contributed by atoms with Crippen molar-refractivity contribution in [1.82, 2.24) is 9.55 Å². The van der Waals surface area contributed by atoms with Crippen LogP contribution in [-0.2, 0) is 13.6 Å². The van der Waals surface area contributed by atoms with Crippen LogP contribution in [0.3, 0.4) is 0 Å². The third kappa shape index (κ3) is 2.81. The van der Waals surface area contributed by atoms with E-state index in [1.165, 1.54) is 0 Å². The van der Waals surface area contributed by atoms with Crippen molar-refractivity contribution in [3.8, 4) is 5.75 Å². The van der Waals surface area contributed by atoms with Gasteiger partial charge in [0.25, 0.3) is 0 Å². The highest BCUT2D eigenvalue weighted by molar-refractivity contribution is 5.50. The molecule has 19 heavy (non-hydrogen) atoms. The number of nitrogens with zero attached hydrogens (tertiary/aromatic N) is 3. The van der Waals surface area contributed by atoms with Crippen LogP contribution in [0.25, 0.3) is 0 Å². The fourth-order valence-electron chi connectivity index (χ4n) is 1.97. The molecule has 0 atom stereocenters. The zero-order valence-electron chi connectivity index (χ0n) is 11.8. The van der Waals surface area contributed by atoms with E-state index in [2.05, 4.69) is 14.9 Å². The summed E-state index contributed by atoms with van der Waals surface area (Å²) in [6, 6.07) is 5.50. The highest BCUT2D eigenvalue weighted by Gasteiger charge is 2.07. The number of rotatable bonds is 4. The number of aromatic nitrogens is 2. The van der Waals surface area contributed by atoms with Crippen LogP contribution in [0.1, 0.15) is 11.3 Å². The van der Waals surface area contributed by atoms with E-state index in [1.807, 2.05) is 51.3 Å². The molecular weight excluding hydrogens is 240 g/mol. The van der Waals surface area contributed by atoms with Gasteiger partial charge >= 0.3 is 0 Å². The van der Waals surface area contributed by atoms with E-state index in [-0.39, 0.29) is 0 Å². The SMILES string of the molecule is Cc1cc(NCc2cnc(N(C)C)n2C)ccc1O. The molecule has 0 fully saturated rings. The van der Waals surface area contributed by atoms with Gasteiger partial charge in [-0.15, -0.1) is 0 Å². The summed E-state index contributed by atoms with van der Waals surface area (Å²) in [7, 11) is 5.95. The van der Waals surface area contributed by atoms with Gasteiger partial charge in [0.15, 0.2) is 0 Å². The molecule has 2 N–H and O–H groups in total. The standard InChI is InChI=1S/C14H20N4O/c1-10-7-11(5-6-13(10)19)15-8-12-9-16-14(17(2)3)18(12)4/h5-7,9,15,19H,8H2,1-4H3. The van der Waals surface area contributed by atoms with Crippen molar-refractivity contribution in [1.29, 1.82) is 0 Å². The first-order valence-electron chi connectivity index (χ1n) is 6.20. The van der Waals surface area contributed by atoms with Crippen molar-refractivity contribution in [3.63, 3.8) is 0 Å². The van der Waals surface area contributed by atoms with Crippen LogP contribution < -0.4 is 10.2 Å². The fourth-order valence-corrected chi connectivity index (χ4v) is 1.97. The molecule has 5 nitrogen and oxygen atoms in total. The molecule has 1 heterocycles. The Morgan fingerprint density at radius 3 is 2.68 bits per heavy atom. The molecule has 5 heteroatoms. The maximum atomic E-state index is 9.49. The van der Waals surface area contributed by atoms with E-state index in [1.54, 1.807) is 6.07 Å². The summed E-state index contributed by atoms with van der Waals surface area (Å²) in [5.74, 6) is 1.25. The maximum absolute atomic E-state index is 9.49. The molecule has 1 aromatic heterocycles. The predicted octanol–water partition coefficient (Wildman–Crippen LogP) is 2.11. The number of anilines is 2. The quantitative estimate of drug-likeness (QED) is 0.827. The van der Waals surface area contributed by atoms with Gasteiger partial charge in [-0.2, -0.15) is 0 Å². The molecule has 0 aliphatic carbocycles. The number of hydrogen-bond donors (Lipinski definition) is 2. The van der Waals surface area contributed by atoms with Crippen LogP contribution in [0, 0.1) is 6.92 Å². The molecule has 2 rings (SSSR count). The molecular formula is C14H20N4O. The average Bonchev–Trinajstić information content (AvgIpc) is 2.72. The summed E-state index contributed by atoms with van der Waals surface area (Å²) in [4.78, 5) is 6.35. The van der Waals surface area contributed by atoms with E-state index >= 15 is 0 Å². The van der Waals surface area contributed by atoms with E-state index in [9.17, 15) is 5.11 Å². The molecule has 0 bridgehead atoms. The van der Waals surface area contributed by atoms with Gasteiger partial charge in [-0.3, -0.25) is 0 Å². The minimum Gasteiger partial charge on any atom is -0.508 e. The minimum atomic E-state index is 0.320. The predicted molar refractivity (Wildman–Crippen MR) is 77.7 cm³/mol. The Kier molecular flexibility index (Phi) is 3.64. The number of aryl methyl sites for hydroxylation is 1. The molecule has 0 aliphatic heterocycles. The molecule has 0 unspecified atom stereocenters. The molecule has 0 aliphatic rings. The van der Waals surface area contributed by atoms with Crippen LogP contribution in [0.15, 0.2) is 24.4 Å². The number of phenolic OH excluding ortho intramolecular Hbond substituents is 1. The smallest absolute Gasteiger partial charge is 0.204 e. The van der Waals surface area contributed by atoms with Crippen molar-refractivity contribution in [2.45, 2.75) is 13.5 Å². The van der Waals surface area contributed by atoms with Gasteiger partial charge in [-0.1, -0.05) is 0 Å². The molecule has 0 amide bonds. The number of benzene rings is 1. The number of phenols is 1. The first kappa shape index (κ1) is 13.3. The first-order chi connectivity index (χ1) is 8.99. The van der Waals surface area contributed by atoms with Crippen LogP contribution in [0.4, 0.5) is 11.6 Å². The van der Waals surface area contributed by atoms with Crippen LogP contribution in [0.5, 0.6) is 5.75 Å². The second-order valence-corrected chi connectivity index (χ2v) is 4.86. The third-order valence-electron chi connectivity index (χ3n) is 3.13. The van der Waals surface area contributed by atoms with Crippen LogP contribution in [-0.4, -0.2) is 28.8 Å². The Labute approximate surface area is 113 Å². The molecule has 0 radical (unpaired) electrons. The van der Waals surface area contributed by atoms with Gasteiger partial charge in [-0.05, 0) is 30.7 Å². The Balaban J connectivity index is 2.08. The van der Waals surface area contributed by atoms with Crippen LogP contribution >= 0.6 is 0 Å². The largest absolute Gasteiger partial charge is 0.508 e. The van der Waals surface area contributed by atoms with Crippen molar-refractivity contribution in [2.24, 2.45) is 7.05 Å². The van der Waals surface area contributed by atoms with Gasteiger partial charge in [-0.25, -0.2) is 4.98 Å². The number of hydrogen-bond acceptors (Lipinski definition) is 4. The lowest BCUT2D eigenvalue weighted by Crippen LogP contribution is -2.15. The maximum Gasteiger partial charge on any atom is 0.204 e. The molecule has 1 aromatic carbocycles. The number of aromatic hydroxyl groups is 1. The lowest BCUT2D eigenvalue weighted by atomic mass is 10.2. The van der Waals surface area contributed by atoms with Crippen molar-refractivity contribution in [3.05, 3.63) is 35.7 Å². The number of imidazole rings is 1. The van der Waals surface area contributed by atoms with Gasteiger partial charge in [0.05, 0.1) is 18.4 Å². The van der Waals surface area contributed by atoms with Gasteiger partial charge in [0.2, 0.25) is 5.95 Å². The Morgan fingerprint density at radius 2 is 2.11 bits per heavy atom. The molecule has 0 spiro atoms. The molecule has 0 saturated carbocycles. The van der Waals surface area contributed by atoms with Crippen molar-refractivity contribution in [2.75, 3.05) is 24.3 Å². The van der Waals surface area contributed by atoms with Gasteiger partial charge < -0.3 is 19.9 Å². The van der Waals surface area contributed by atoms with Crippen molar-refractivity contribution >= 4 is 11.6 Å². The molecule has 2 aromatic rings. The molecule has 0 saturated heterocycles. The summed E-state index contributed by atoms with van der Waals surface area (Å²) < 4.78 is 2.06. The van der Waals surface area contributed by atoms with Crippen LogP contribution in [0.2, 0.25) is 0 Å². The summed E-state index contributed by atoms with van der Waals surface area (Å²) in [6.07, 6.45) is 1.87. The highest BCUT2D eigenvalue weighted by Crippen LogP contribution is 2.21. The normalized spacial score (nSPS) is 10.5. The first-order valence-corrected chi connectivity index (χ1v) is 6.20. The Morgan fingerprint density at radius 1 is 1.37 bits per heavy atom. The zero-order chi connectivity index (χ0) is 14.0. The Hall–Kier alpha value is -2.17. The number of nitrogens with one attached hydrogen (secondary N) is 1. The monoisotopic (exact) mass is 260 g/mol. The van der Waals surface area contributed by atoms with Crippen molar-refractivity contribution < 1.29 is 5.11 Å². The highest BCUT2D eigenvalue weighted by atomic mass is 16.3. The van der Waals surface area contributed by atoms with E-state index in [4.69, 9.17) is 0 Å². The average molecular weight is 260 g/mol. The lowest BCUT2D eigenvalue weighted by molar-refractivity contribution is 0.471. The van der Waals surface area contributed by atoms with E-state index < -0.39 is 0 Å².